The summed E-state index contributed by atoms with van der Waals surface area (Å²) < 4.78 is 7.07. The van der Waals surface area contributed by atoms with Gasteiger partial charge in [0.1, 0.15) is 5.00 Å². The van der Waals surface area contributed by atoms with Crippen LogP contribution in [0.4, 0.5) is 10.5 Å². The van der Waals surface area contributed by atoms with E-state index in [1.807, 2.05) is 31.5 Å². The lowest BCUT2D eigenvalue weighted by atomic mass is 10.1. The van der Waals surface area contributed by atoms with Crippen LogP contribution < -0.4 is 10.6 Å². The Hall–Kier alpha value is -3.06. The predicted molar refractivity (Wildman–Crippen MR) is 116 cm³/mol. The lowest BCUT2D eigenvalue weighted by molar-refractivity contribution is 0.0526. The fourth-order valence-electron chi connectivity index (χ4n) is 3.17. The summed E-state index contributed by atoms with van der Waals surface area (Å²) >= 11 is 1.71. The van der Waals surface area contributed by atoms with Crippen LogP contribution in [0, 0.1) is 13.8 Å². The molecule has 7 heteroatoms. The number of hydrogen-bond acceptors (Lipinski definition) is 4. The highest BCUT2D eigenvalue weighted by atomic mass is 32.1. The van der Waals surface area contributed by atoms with Crippen molar-refractivity contribution in [1.29, 1.82) is 0 Å². The fourth-order valence-corrected chi connectivity index (χ4v) is 4.39. The maximum absolute atomic E-state index is 12.6. The lowest BCUT2D eigenvalue weighted by Crippen LogP contribution is -2.31. The number of aryl methyl sites for hydroxylation is 1. The molecule has 0 bridgehead atoms. The molecule has 152 valence electrons. The number of carbonyl (C=O) groups excluding carboxylic acids is 2. The molecule has 3 rings (SSSR count). The third-order valence-electron chi connectivity index (χ3n) is 4.66. The number of aromatic nitrogens is 1. The van der Waals surface area contributed by atoms with Gasteiger partial charge in [-0.3, -0.25) is 0 Å². The summed E-state index contributed by atoms with van der Waals surface area (Å²) in [7, 11) is 0. The van der Waals surface area contributed by atoms with Crippen molar-refractivity contribution in [3.05, 3.63) is 70.4 Å². The van der Waals surface area contributed by atoms with Crippen LogP contribution in [0.1, 0.15) is 46.3 Å². The van der Waals surface area contributed by atoms with E-state index in [0.717, 1.165) is 10.6 Å². The van der Waals surface area contributed by atoms with Gasteiger partial charge in [-0.15, -0.1) is 11.3 Å². The van der Waals surface area contributed by atoms with Crippen LogP contribution in [0.2, 0.25) is 0 Å². The second-order valence-electron chi connectivity index (χ2n) is 6.71. The van der Waals surface area contributed by atoms with Crippen molar-refractivity contribution >= 4 is 29.0 Å². The van der Waals surface area contributed by atoms with E-state index < -0.39 is 5.97 Å². The minimum Gasteiger partial charge on any atom is -0.462 e. The first-order chi connectivity index (χ1) is 13.9. The molecule has 2 aromatic heterocycles. The molecule has 0 aliphatic rings. The van der Waals surface area contributed by atoms with Gasteiger partial charge in [-0.1, -0.05) is 6.07 Å². The molecular weight excluding hydrogens is 386 g/mol. The minimum absolute atomic E-state index is 0.189. The van der Waals surface area contributed by atoms with Crippen LogP contribution >= 0.6 is 11.3 Å². The molecule has 0 fully saturated rings. The van der Waals surface area contributed by atoms with Gasteiger partial charge >= 0.3 is 12.0 Å². The zero-order valence-corrected chi connectivity index (χ0v) is 17.8. The van der Waals surface area contributed by atoms with Crippen LogP contribution in [0.3, 0.4) is 0 Å². The first-order valence-corrected chi connectivity index (χ1v) is 10.3. The van der Waals surface area contributed by atoms with Gasteiger partial charge in [0.25, 0.3) is 0 Å². The molecule has 0 aliphatic carbocycles. The molecule has 3 aromatic rings. The van der Waals surface area contributed by atoms with Gasteiger partial charge in [0, 0.05) is 28.5 Å². The number of anilines is 1. The highest BCUT2D eigenvalue weighted by Gasteiger charge is 2.21. The molecule has 29 heavy (non-hydrogen) atoms. The molecule has 0 spiro atoms. The third-order valence-corrected chi connectivity index (χ3v) is 5.90. The first kappa shape index (κ1) is 20.7. The third kappa shape index (κ3) is 4.68. The second kappa shape index (κ2) is 8.96. The fraction of sp³-hybridized carbons (Fsp3) is 0.273. The van der Waals surface area contributed by atoms with Crippen molar-refractivity contribution in [1.82, 2.24) is 9.88 Å². The van der Waals surface area contributed by atoms with Crippen LogP contribution in [-0.4, -0.2) is 23.2 Å². The molecule has 2 N–H and O–H groups in total. The van der Waals surface area contributed by atoms with Gasteiger partial charge in [0.05, 0.1) is 18.2 Å². The van der Waals surface area contributed by atoms with Crippen LogP contribution in [0.5, 0.6) is 0 Å². The molecule has 2 heterocycles. The van der Waals surface area contributed by atoms with Crippen LogP contribution in [0.15, 0.2) is 48.8 Å². The average Bonchev–Trinajstić information content (AvgIpc) is 3.31. The van der Waals surface area contributed by atoms with E-state index in [0.29, 0.717) is 17.9 Å². The Kier molecular flexibility index (Phi) is 6.39. The number of esters is 1. The van der Waals surface area contributed by atoms with E-state index in [1.165, 1.54) is 10.4 Å². The van der Waals surface area contributed by atoms with Crippen LogP contribution in [0.25, 0.3) is 5.00 Å². The van der Waals surface area contributed by atoms with Gasteiger partial charge in [-0.2, -0.15) is 0 Å². The highest BCUT2D eigenvalue weighted by molar-refractivity contribution is 7.14. The van der Waals surface area contributed by atoms with Crippen molar-refractivity contribution in [2.45, 2.75) is 33.7 Å². The number of rotatable bonds is 6. The first-order valence-electron chi connectivity index (χ1n) is 9.48. The van der Waals surface area contributed by atoms with E-state index in [9.17, 15) is 9.59 Å². The number of nitrogens with zero attached hydrogens (tertiary/aromatic N) is 1. The summed E-state index contributed by atoms with van der Waals surface area (Å²) in [5.74, 6) is -0.411. The van der Waals surface area contributed by atoms with Crippen molar-refractivity contribution in [3.8, 4) is 5.00 Å². The second-order valence-corrected chi connectivity index (χ2v) is 7.92. The molecule has 6 nitrogen and oxygen atoms in total. The highest BCUT2D eigenvalue weighted by Crippen LogP contribution is 2.35. The quantitative estimate of drug-likeness (QED) is 0.547. The number of carbonyl (C=O) groups is 2. The van der Waals surface area contributed by atoms with Gasteiger partial charge in [-0.05, 0) is 63.6 Å². The molecule has 0 saturated heterocycles. The van der Waals surface area contributed by atoms with E-state index in [2.05, 4.69) is 29.0 Å². The van der Waals surface area contributed by atoms with Crippen molar-refractivity contribution < 1.29 is 14.3 Å². The SMILES string of the molecule is CCOC(=O)c1cccc(NC(=O)NC(C)c2c(-n3cccc3)sc(C)c2C)c1. The smallest absolute Gasteiger partial charge is 0.338 e. The Bertz CT molecular complexity index is 1010. The Labute approximate surface area is 174 Å². The summed E-state index contributed by atoms with van der Waals surface area (Å²) in [6.45, 7) is 8.19. The lowest BCUT2D eigenvalue weighted by Gasteiger charge is -2.17. The zero-order chi connectivity index (χ0) is 21.0. The Balaban J connectivity index is 1.74. The summed E-state index contributed by atoms with van der Waals surface area (Å²) in [5.41, 5.74) is 3.20. The molecular formula is C22H25N3O3S. The predicted octanol–water partition coefficient (Wildman–Crippen LogP) is 5.22. The topological polar surface area (TPSA) is 72.4 Å². The number of nitrogens with one attached hydrogen (secondary N) is 2. The summed E-state index contributed by atoms with van der Waals surface area (Å²) in [5, 5.41) is 6.90. The zero-order valence-electron chi connectivity index (χ0n) is 17.0. The Morgan fingerprint density at radius 2 is 1.90 bits per heavy atom. The minimum atomic E-state index is -0.411. The normalized spacial score (nSPS) is 11.7. The monoisotopic (exact) mass is 411 g/mol. The number of hydrogen-bond donors (Lipinski definition) is 2. The molecule has 1 aromatic carbocycles. The van der Waals surface area contributed by atoms with E-state index >= 15 is 0 Å². The van der Waals surface area contributed by atoms with E-state index in [-0.39, 0.29) is 12.1 Å². The van der Waals surface area contributed by atoms with Crippen molar-refractivity contribution in [2.24, 2.45) is 0 Å². The number of thiophene rings is 1. The molecule has 1 atom stereocenters. The standard InChI is InChI=1S/C22H25N3O3S/c1-5-28-21(26)17-9-8-10-18(13-17)24-22(27)23-15(3)19-14(2)16(4)29-20(19)25-11-6-7-12-25/h6-13,15H,5H2,1-4H3,(H2,23,24,27). The molecule has 0 radical (unpaired) electrons. The van der Waals surface area contributed by atoms with Gasteiger partial charge in [-0.25, -0.2) is 9.59 Å². The van der Waals surface area contributed by atoms with Gasteiger partial charge in [0.15, 0.2) is 0 Å². The van der Waals surface area contributed by atoms with Gasteiger partial charge in [0.2, 0.25) is 0 Å². The summed E-state index contributed by atoms with van der Waals surface area (Å²) in [4.78, 5) is 25.7. The number of benzene rings is 1. The van der Waals surface area contributed by atoms with Crippen LogP contribution in [-0.2, 0) is 4.74 Å². The molecule has 1 unspecified atom stereocenters. The van der Waals surface area contributed by atoms with E-state index in [1.54, 1.807) is 42.5 Å². The Morgan fingerprint density at radius 3 is 2.59 bits per heavy atom. The maximum Gasteiger partial charge on any atom is 0.338 e. The number of ether oxygens (including phenoxy) is 1. The Morgan fingerprint density at radius 1 is 1.17 bits per heavy atom. The summed E-state index contributed by atoms with van der Waals surface area (Å²) in [6.07, 6.45) is 4.00. The van der Waals surface area contributed by atoms with E-state index in [4.69, 9.17) is 4.74 Å². The number of amides is 2. The summed E-state index contributed by atoms with van der Waals surface area (Å²) in [6, 6.07) is 10.1. The maximum atomic E-state index is 12.6. The largest absolute Gasteiger partial charge is 0.462 e. The van der Waals surface area contributed by atoms with Gasteiger partial charge < -0.3 is 19.9 Å². The number of urea groups is 1. The van der Waals surface area contributed by atoms with Crippen molar-refractivity contribution in [2.75, 3.05) is 11.9 Å². The average molecular weight is 412 g/mol. The van der Waals surface area contributed by atoms with Crippen molar-refractivity contribution in [3.63, 3.8) is 0 Å². The molecule has 0 saturated carbocycles. The molecule has 2 amide bonds. The molecule has 0 aliphatic heterocycles.